The maximum atomic E-state index is 11.7. The van der Waals surface area contributed by atoms with Crippen LogP contribution in [0.15, 0.2) is 18.2 Å². The molecule has 1 aromatic rings. The molecule has 1 aliphatic rings. The number of hydrogen-bond acceptors (Lipinski definition) is 4. The summed E-state index contributed by atoms with van der Waals surface area (Å²) in [5.74, 6) is -1.29. The van der Waals surface area contributed by atoms with Crippen molar-refractivity contribution >= 4 is 23.3 Å². The van der Waals surface area contributed by atoms with E-state index in [1.807, 2.05) is 0 Å². The van der Waals surface area contributed by atoms with Crippen molar-refractivity contribution in [3.63, 3.8) is 0 Å². The first kappa shape index (κ1) is 12.3. The Balaban J connectivity index is 2.01. The predicted molar refractivity (Wildman–Crippen MR) is 63.6 cm³/mol. The Hall–Kier alpha value is -2.21. The molecular weight excluding hydrogens is 236 g/mol. The molecule has 0 saturated heterocycles. The van der Waals surface area contributed by atoms with Gasteiger partial charge in [-0.05, 0) is 23.8 Å². The number of aliphatic carboxylic acids is 1. The summed E-state index contributed by atoms with van der Waals surface area (Å²) in [6.45, 7) is -0.289. The first-order valence-electron chi connectivity index (χ1n) is 5.45. The molecule has 0 radical (unpaired) electrons. The number of anilines is 1. The van der Waals surface area contributed by atoms with E-state index in [1.165, 1.54) is 0 Å². The Morgan fingerprint density at radius 2 is 2.11 bits per heavy atom. The molecule has 0 spiro atoms. The minimum Gasteiger partial charge on any atom is -0.480 e. The maximum Gasteiger partial charge on any atom is 0.317 e. The lowest BCUT2D eigenvalue weighted by Gasteiger charge is -2.04. The molecule has 1 amide bonds. The predicted octanol–water partition coefficient (Wildman–Crippen LogP) is 0.0381. The van der Waals surface area contributed by atoms with E-state index in [0.29, 0.717) is 5.56 Å². The van der Waals surface area contributed by atoms with Gasteiger partial charge in [0.05, 0.1) is 19.5 Å². The summed E-state index contributed by atoms with van der Waals surface area (Å²) >= 11 is 0. The van der Waals surface area contributed by atoms with Gasteiger partial charge in [-0.3, -0.25) is 19.7 Å². The van der Waals surface area contributed by atoms with Crippen molar-refractivity contribution in [1.82, 2.24) is 5.32 Å². The lowest BCUT2D eigenvalue weighted by molar-refractivity contribution is -0.135. The van der Waals surface area contributed by atoms with Gasteiger partial charge in [-0.15, -0.1) is 0 Å². The van der Waals surface area contributed by atoms with E-state index < -0.39 is 5.97 Å². The van der Waals surface area contributed by atoms with Crippen LogP contribution in [0.5, 0.6) is 0 Å². The van der Waals surface area contributed by atoms with Crippen molar-refractivity contribution in [2.24, 2.45) is 0 Å². The molecule has 94 valence electrons. The average Bonchev–Trinajstić information content (AvgIpc) is 2.67. The number of rotatable bonds is 5. The number of carbonyl (C=O) groups is 3. The van der Waals surface area contributed by atoms with Crippen molar-refractivity contribution < 1.29 is 19.5 Å². The minimum atomic E-state index is -1.01. The summed E-state index contributed by atoms with van der Waals surface area (Å²) < 4.78 is 0. The van der Waals surface area contributed by atoms with E-state index in [2.05, 4.69) is 10.6 Å². The summed E-state index contributed by atoms with van der Waals surface area (Å²) in [6, 6.07) is 4.97. The van der Waals surface area contributed by atoms with Gasteiger partial charge in [0, 0.05) is 11.3 Å². The van der Waals surface area contributed by atoms with Crippen LogP contribution in [0.25, 0.3) is 0 Å². The van der Waals surface area contributed by atoms with Gasteiger partial charge in [-0.2, -0.15) is 0 Å². The zero-order valence-electron chi connectivity index (χ0n) is 9.53. The summed E-state index contributed by atoms with van der Waals surface area (Å²) in [5.41, 5.74) is 2.00. The molecule has 0 saturated carbocycles. The number of ketones is 1. The van der Waals surface area contributed by atoms with E-state index in [-0.39, 0.29) is 31.2 Å². The highest BCUT2D eigenvalue weighted by atomic mass is 16.4. The SMILES string of the molecule is O=C(O)CNCC(=O)c1ccc2c(c1)CC(=O)N2. The molecule has 1 heterocycles. The Bertz CT molecular complexity index is 525. The minimum absolute atomic E-state index is 0.0353. The number of carbonyl (C=O) groups excluding carboxylic acids is 2. The van der Waals surface area contributed by atoms with Crippen LogP contribution in [0, 0.1) is 0 Å². The molecule has 0 fully saturated rings. The van der Waals surface area contributed by atoms with Crippen LogP contribution in [0.1, 0.15) is 15.9 Å². The zero-order valence-corrected chi connectivity index (χ0v) is 9.53. The molecule has 3 N–H and O–H groups in total. The average molecular weight is 248 g/mol. The van der Waals surface area contributed by atoms with Crippen LogP contribution in [-0.2, 0) is 16.0 Å². The number of carboxylic acid groups (broad SMARTS) is 1. The van der Waals surface area contributed by atoms with Crippen LogP contribution in [0.4, 0.5) is 5.69 Å². The third kappa shape index (κ3) is 2.72. The van der Waals surface area contributed by atoms with Gasteiger partial charge in [0.1, 0.15) is 0 Å². The van der Waals surface area contributed by atoms with E-state index >= 15 is 0 Å². The molecule has 2 rings (SSSR count). The number of hydrogen-bond donors (Lipinski definition) is 3. The molecule has 1 aromatic carbocycles. The number of fused-ring (bicyclic) bond motifs is 1. The summed E-state index contributed by atoms with van der Waals surface area (Å²) in [4.78, 5) is 33.2. The van der Waals surface area contributed by atoms with Crippen molar-refractivity contribution in [3.05, 3.63) is 29.3 Å². The van der Waals surface area contributed by atoms with Crippen molar-refractivity contribution in [2.45, 2.75) is 6.42 Å². The fourth-order valence-corrected chi connectivity index (χ4v) is 1.79. The van der Waals surface area contributed by atoms with Gasteiger partial charge in [0.15, 0.2) is 5.78 Å². The van der Waals surface area contributed by atoms with Gasteiger partial charge in [0.2, 0.25) is 5.91 Å². The Morgan fingerprint density at radius 1 is 1.33 bits per heavy atom. The van der Waals surface area contributed by atoms with Gasteiger partial charge >= 0.3 is 5.97 Å². The van der Waals surface area contributed by atoms with Crippen molar-refractivity contribution in [3.8, 4) is 0 Å². The molecular formula is C12H12N2O4. The van der Waals surface area contributed by atoms with Gasteiger partial charge < -0.3 is 10.4 Å². The lowest BCUT2D eigenvalue weighted by Crippen LogP contribution is -2.28. The quantitative estimate of drug-likeness (QED) is 0.639. The topological polar surface area (TPSA) is 95.5 Å². The molecule has 18 heavy (non-hydrogen) atoms. The number of carboxylic acids is 1. The molecule has 1 aliphatic heterocycles. The maximum absolute atomic E-state index is 11.7. The smallest absolute Gasteiger partial charge is 0.317 e. The number of nitrogens with one attached hydrogen (secondary N) is 2. The Kier molecular flexibility index (Phi) is 3.38. The van der Waals surface area contributed by atoms with Crippen LogP contribution < -0.4 is 10.6 Å². The van der Waals surface area contributed by atoms with Crippen LogP contribution >= 0.6 is 0 Å². The summed E-state index contributed by atoms with van der Waals surface area (Å²) in [5, 5.41) is 13.6. The first-order chi connectivity index (χ1) is 8.56. The second-order valence-electron chi connectivity index (χ2n) is 4.02. The normalized spacial score (nSPS) is 13.0. The number of benzene rings is 1. The van der Waals surface area contributed by atoms with E-state index in [0.717, 1.165) is 11.3 Å². The monoisotopic (exact) mass is 248 g/mol. The lowest BCUT2D eigenvalue weighted by atomic mass is 10.1. The Labute approximate surface area is 103 Å². The second-order valence-corrected chi connectivity index (χ2v) is 4.02. The fraction of sp³-hybridized carbons (Fsp3) is 0.250. The standard InChI is InChI=1S/C12H12N2O4/c15-10(5-13-6-12(17)18)7-1-2-9-8(3-7)4-11(16)14-9/h1-3,13H,4-6H2,(H,14,16)(H,17,18). The first-order valence-corrected chi connectivity index (χ1v) is 5.45. The van der Waals surface area contributed by atoms with Crippen LogP contribution in [-0.4, -0.2) is 35.9 Å². The largest absolute Gasteiger partial charge is 0.480 e. The third-order valence-corrected chi connectivity index (χ3v) is 2.61. The molecule has 0 unspecified atom stereocenters. The number of amides is 1. The van der Waals surface area contributed by atoms with Gasteiger partial charge in [-0.25, -0.2) is 0 Å². The molecule has 0 atom stereocenters. The van der Waals surface area contributed by atoms with Crippen molar-refractivity contribution in [1.29, 1.82) is 0 Å². The highest BCUT2D eigenvalue weighted by molar-refractivity contribution is 6.02. The molecule has 6 nitrogen and oxygen atoms in total. The van der Waals surface area contributed by atoms with Crippen LogP contribution in [0.3, 0.4) is 0 Å². The number of Topliss-reactive ketones (excluding diaryl/α,β-unsaturated/α-hetero) is 1. The van der Waals surface area contributed by atoms with Gasteiger partial charge in [0.25, 0.3) is 0 Å². The highest BCUT2D eigenvalue weighted by Gasteiger charge is 2.18. The van der Waals surface area contributed by atoms with Gasteiger partial charge in [-0.1, -0.05) is 0 Å². The third-order valence-electron chi connectivity index (χ3n) is 2.61. The van der Waals surface area contributed by atoms with E-state index in [4.69, 9.17) is 5.11 Å². The van der Waals surface area contributed by atoms with E-state index in [9.17, 15) is 14.4 Å². The van der Waals surface area contributed by atoms with Crippen LogP contribution in [0.2, 0.25) is 0 Å². The molecule has 6 heteroatoms. The van der Waals surface area contributed by atoms with E-state index in [1.54, 1.807) is 18.2 Å². The summed E-state index contributed by atoms with van der Waals surface area (Å²) in [6.07, 6.45) is 0.277. The molecule has 0 bridgehead atoms. The Morgan fingerprint density at radius 3 is 2.83 bits per heavy atom. The summed E-state index contributed by atoms with van der Waals surface area (Å²) in [7, 11) is 0. The zero-order chi connectivity index (χ0) is 13.1. The highest BCUT2D eigenvalue weighted by Crippen LogP contribution is 2.23. The second kappa shape index (κ2) is 4.97. The fourth-order valence-electron chi connectivity index (χ4n) is 1.79. The molecule has 0 aliphatic carbocycles. The molecule has 0 aromatic heterocycles. The van der Waals surface area contributed by atoms with Crippen molar-refractivity contribution in [2.75, 3.05) is 18.4 Å².